The van der Waals surface area contributed by atoms with Crippen molar-refractivity contribution in [1.82, 2.24) is 10.2 Å². The molecule has 0 spiro atoms. The number of aromatic nitrogens is 2. The van der Waals surface area contributed by atoms with Crippen LogP contribution in [0.4, 0.5) is 0 Å². The topological polar surface area (TPSA) is 122 Å². The lowest BCUT2D eigenvalue weighted by atomic mass is 9.78. The highest BCUT2D eigenvalue weighted by molar-refractivity contribution is 5.87. The highest BCUT2D eigenvalue weighted by Gasteiger charge is 2.42. The number of methoxy groups -OCH3 is 4. The number of aromatic amines is 1. The lowest BCUT2D eigenvalue weighted by Gasteiger charge is -2.29. The Morgan fingerprint density at radius 1 is 1.00 bits per heavy atom. The highest BCUT2D eigenvalue weighted by Crippen LogP contribution is 2.49. The highest BCUT2D eigenvalue weighted by atomic mass is 16.5. The smallest absolute Gasteiger partial charge is 0.244 e. The van der Waals surface area contributed by atoms with Crippen molar-refractivity contribution in [3.63, 3.8) is 0 Å². The molecule has 9 heteroatoms. The third-order valence-electron chi connectivity index (χ3n) is 5.47. The number of nitrogens with zero attached hydrogens (tertiary/aromatic N) is 2. The first-order valence-corrected chi connectivity index (χ1v) is 9.75. The maximum Gasteiger partial charge on any atom is 0.244 e. The number of nitrogens with one attached hydrogen (secondary N) is 2. The van der Waals surface area contributed by atoms with E-state index in [-0.39, 0.29) is 11.8 Å². The molecule has 4 rings (SSSR count). The first-order valence-electron chi connectivity index (χ1n) is 9.75. The molecule has 0 radical (unpaired) electrons. The van der Waals surface area contributed by atoms with E-state index in [2.05, 4.69) is 16.3 Å². The number of para-hydroxylation sites is 1. The van der Waals surface area contributed by atoms with Crippen LogP contribution in [0.25, 0.3) is 11.3 Å². The van der Waals surface area contributed by atoms with Crippen LogP contribution in [0.3, 0.4) is 0 Å². The molecule has 0 bridgehead atoms. The van der Waals surface area contributed by atoms with E-state index in [0.717, 1.165) is 5.56 Å². The summed E-state index contributed by atoms with van der Waals surface area (Å²) in [4.78, 5) is 0. The summed E-state index contributed by atoms with van der Waals surface area (Å²) >= 11 is 0. The van der Waals surface area contributed by atoms with Gasteiger partial charge in [0.25, 0.3) is 0 Å². The van der Waals surface area contributed by atoms with E-state index in [4.69, 9.17) is 29.1 Å². The van der Waals surface area contributed by atoms with Crippen molar-refractivity contribution in [3.8, 4) is 46.2 Å². The lowest BCUT2D eigenvalue weighted by Crippen LogP contribution is -2.31. The van der Waals surface area contributed by atoms with Gasteiger partial charge in [-0.1, -0.05) is 18.2 Å². The van der Waals surface area contributed by atoms with Crippen LogP contribution >= 0.6 is 0 Å². The number of fused-ring (bicyclic) bond motifs is 1. The van der Waals surface area contributed by atoms with Crippen LogP contribution in [0.15, 0.2) is 36.4 Å². The first kappa shape index (κ1) is 21.1. The van der Waals surface area contributed by atoms with E-state index in [1.165, 1.54) is 21.3 Å². The largest absolute Gasteiger partial charge is 0.496 e. The number of nitriles is 1. The van der Waals surface area contributed by atoms with Crippen LogP contribution in [0.5, 0.6) is 28.9 Å². The SMILES string of the molecule is COc1ccccc1C1c2c(n[nH]c2-c2cc(OC)c(OC)c(OC)c2)OC(=N)C1C#N. The van der Waals surface area contributed by atoms with Gasteiger partial charge in [0.15, 0.2) is 11.5 Å². The summed E-state index contributed by atoms with van der Waals surface area (Å²) in [7, 11) is 6.18. The Labute approximate surface area is 185 Å². The molecular weight excluding hydrogens is 412 g/mol. The maximum atomic E-state index is 9.92. The van der Waals surface area contributed by atoms with Gasteiger partial charge >= 0.3 is 0 Å². The molecule has 2 heterocycles. The van der Waals surface area contributed by atoms with Crippen molar-refractivity contribution in [2.75, 3.05) is 28.4 Å². The number of ether oxygens (including phenoxy) is 5. The van der Waals surface area contributed by atoms with E-state index in [9.17, 15) is 5.26 Å². The Morgan fingerprint density at radius 3 is 2.25 bits per heavy atom. The van der Waals surface area contributed by atoms with Gasteiger partial charge in [-0.25, -0.2) is 0 Å². The van der Waals surface area contributed by atoms with Gasteiger partial charge in [0.05, 0.1) is 45.8 Å². The quantitative estimate of drug-likeness (QED) is 0.606. The molecule has 0 amide bonds. The van der Waals surface area contributed by atoms with Crippen molar-refractivity contribution in [3.05, 3.63) is 47.5 Å². The summed E-state index contributed by atoms with van der Waals surface area (Å²) in [5.41, 5.74) is 2.71. The molecule has 1 aromatic heterocycles. The first-order chi connectivity index (χ1) is 15.6. The molecular formula is C23H22N4O5. The minimum atomic E-state index is -0.864. The van der Waals surface area contributed by atoms with Gasteiger partial charge in [-0.15, -0.1) is 5.10 Å². The van der Waals surface area contributed by atoms with Gasteiger partial charge in [0.1, 0.15) is 11.7 Å². The number of rotatable bonds is 6. The second-order valence-electron chi connectivity index (χ2n) is 7.02. The molecule has 0 aliphatic carbocycles. The third kappa shape index (κ3) is 3.26. The summed E-state index contributed by atoms with van der Waals surface area (Å²) < 4.78 is 27.6. The fourth-order valence-electron chi connectivity index (χ4n) is 4.02. The fourth-order valence-corrected chi connectivity index (χ4v) is 4.02. The van der Waals surface area contributed by atoms with Crippen molar-refractivity contribution in [2.24, 2.45) is 5.92 Å². The van der Waals surface area contributed by atoms with E-state index >= 15 is 0 Å². The Hall–Kier alpha value is -4.19. The Kier molecular flexibility index (Phi) is 5.60. The van der Waals surface area contributed by atoms with Crippen molar-refractivity contribution in [1.29, 1.82) is 10.7 Å². The summed E-state index contributed by atoms with van der Waals surface area (Å²) in [5, 5.41) is 25.5. The molecule has 1 aliphatic rings. The van der Waals surface area contributed by atoms with Crippen LogP contribution in [0.1, 0.15) is 17.0 Å². The second kappa shape index (κ2) is 8.51. The van der Waals surface area contributed by atoms with Crippen LogP contribution in [-0.2, 0) is 0 Å². The number of benzene rings is 2. The maximum absolute atomic E-state index is 9.92. The molecule has 2 N–H and O–H groups in total. The Bertz CT molecular complexity index is 1190. The second-order valence-corrected chi connectivity index (χ2v) is 7.02. The van der Waals surface area contributed by atoms with Gasteiger partial charge in [0.2, 0.25) is 17.5 Å². The summed E-state index contributed by atoms with van der Waals surface area (Å²) in [6.45, 7) is 0. The molecule has 32 heavy (non-hydrogen) atoms. The van der Waals surface area contributed by atoms with Crippen molar-refractivity contribution in [2.45, 2.75) is 5.92 Å². The van der Waals surface area contributed by atoms with E-state index in [1.54, 1.807) is 19.2 Å². The van der Waals surface area contributed by atoms with Crippen molar-refractivity contribution >= 4 is 5.90 Å². The molecule has 3 aromatic rings. The molecule has 164 valence electrons. The number of hydrogen-bond acceptors (Lipinski definition) is 8. The molecule has 9 nitrogen and oxygen atoms in total. The standard InChI is InChI=1S/C23H22N4O5/c1-28-15-8-6-5-7-13(15)18-14(11-24)22(25)32-23-19(18)20(26-27-23)12-9-16(29-2)21(31-4)17(10-12)30-3/h5-10,14,18,25H,1-4H3,(H,26,27). The molecule has 0 saturated carbocycles. The zero-order chi connectivity index (χ0) is 22.8. The average Bonchev–Trinajstić information content (AvgIpc) is 3.25. The van der Waals surface area contributed by atoms with Crippen molar-refractivity contribution < 1.29 is 23.7 Å². The fraction of sp³-hybridized carbons (Fsp3) is 0.261. The van der Waals surface area contributed by atoms with Crippen LogP contribution in [0, 0.1) is 22.7 Å². The molecule has 1 aliphatic heterocycles. The normalized spacial score (nSPS) is 17.0. The Morgan fingerprint density at radius 2 is 1.66 bits per heavy atom. The van der Waals surface area contributed by atoms with E-state index < -0.39 is 11.8 Å². The minimum absolute atomic E-state index is 0.168. The number of H-pyrrole nitrogens is 1. The van der Waals surface area contributed by atoms with Gasteiger partial charge in [-0.2, -0.15) is 5.26 Å². The zero-order valence-corrected chi connectivity index (χ0v) is 18.1. The third-order valence-corrected chi connectivity index (χ3v) is 5.47. The van der Waals surface area contributed by atoms with Gasteiger partial charge in [0, 0.05) is 17.0 Å². The predicted molar refractivity (Wildman–Crippen MR) is 116 cm³/mol. The van der Waals surface area contributed by atoms with Gasteiger partial charge in [-0.3, -0.25) is 10.5 Å². The molecule has 0 saturated heterocycles. The molecule has 0 fully saturated rings. The van der Waals surface area contributed by atoms with Crippen LogP contribution in [-0.4, -0.2) is 44.5 Å². The Balaban J connectivity index is 1.98. The minimum Gasteiger partial charge on any atom is -0.496 e. The van der Waals surface area contributed by atoms with Crippen LogP contribution in [0.2, 0.25) is 0 Å². The monoisotopic (exact) mass is 434 g/mol. The molecule has 2 unspecified atom stereocenters. The van der Waals surface area contributed by atoms with E-state index in [1.807, 2.05) is 24.3 Å². The molecule has 2 atom stereocenters. The summed E-state index contributed by atoms with van der Waals surface area (Å²) in [6, 6.07) is 13.2. The van der Waals surface area contributed by atoms with Gasteiger partial charge in [-0.05, 0) is 18.2 Å². The van der Waals surface area contributed by atoms with Gasteiger partial charge < -0.3 is 23.7 Å². The van der Waals surface area contributed by atoms with E-state index in [0.29, 0.717) is 39.8 Å². The lowest BCUT2D eigenvalue weighted by molar-refractivity contribution is 0.324. The number of hydrogen-bond donors (Lipinski definition) is 2. The zero-order valence-electron chi connectivity index (χ0n) is 18.1. The molecule has 2 aromatic carbocycles. The summed E-state index contributed by atoms with van der Waals surface area (Å²) in [5.74, 6) is 0.676. The van der Waals surface area contributed by atoms with Crippen LogP contribution < -0.4 is 23.7 Å². The average molecular weight is 434 g/mol. The summed E-state index contributed by atoms with van der Waals surface area (Å²) in [6.07, 6.45) is 0. The predicted octanol–water partition coefficient (Wildman–Crippen LogP) is 3.75.